The Bertz CT molecular complexity index is 524. The Morgan fingerprint density at radius 3 is 2.30 bits per heavy atom. The van der Waals surface area contributed by atoms with Crippen LogP contribution in [0.15, 0.2) is 24.3 Å². The molecular weight excluding hydrogens is 276 g/mol. The fraction of sp³-hybridized carbons (Fsp3) is 0.500. The predicted octanol–water partition coefficient (Wildman–Crippen LogP) is 1.54. The molecule has 0 heterocycles. The second-order valence-electron chi connectivity index (χ2n) is 4.66. The average Bonchev–Trinajstić information content (AvgIpc) is 2.44. The Hall–Kier alpha value is -1.40. The maximum atomic E-state index is 11.5. The van der Waals surface area contributed by atoms with E-state index in [1.807, 2.05) is 19.1 Å². The van der Waals surface area contributed by atoms with Gasteiger partial charge < -0.3 is 5.32 Å². The summed E-state index contributed by atoms with van der Waals surface area (Å²) in [6.07, 6.45) is 2.45. The van der Waals surface area contributed by atoms with Crippen LogP contribution in [0.4, 0.5) is 0 Å². The third-order valence-corrected chi connectivity index (χ3v) is 4.27. The largest absolute Gasteiger partial charge is 0.352 e. The normalized spacial score (nSPS) is 11.3. The second kappa shape index (κ2) is 8.01. The maximum Gasteiger partial charge on any atom is 0.220 e. The lowest BCUT2D eigenvalue weighted by atomic mass is 10.1. The van der Waals surface area contributed by atoms with E-state index in [-0.39, 0.29) is 11.7 Å². The number of nitrogens with one attached hydrogen (secondary N) is 2. The van der Waals surface area contributed by atoms with Crippen LogP contribution in [0.2, 0.25) is 0 Å². The van der Waals surface area contributed by atoms with Gasteiger partial charge in [0.1, 0.15) is 0 Å². The van der Waals surface area contributed by atoms with Gasteiger partial charge in [0.05, 0.1) is 5.75 Å². The Labute approximate surface area is 120 Å². The number of hydrogen-bond donors (Lipinski definition) is 2. The number of rotatable bonds is 8. The van der Waals surface area contributed by atoms with Crippen molar-refractivity contribution < 1.29 is 13.2 Å². The molecule has 6 heteroatoms. The van der Waals surface area contributed by atoms with Crippen LogP contribution in [0.25, 0.3) is 0 Å². The molecule has 20 heavy (non-hydrogen) atoms. The van der Waals surface area contributed by atoms with Crippen molar-refractivity contribution >= 4 is 15.9 Å². The number of carbonyl (C=O) groups is 1. The molecule has 0 bridgehead atoms. The van der Waals surface area contributed by atoms with E-state index in [0.29, 0.717) is 13.0 Å². The third-order valence-electron chi connectivity index (χ3n) is 2.94. The molecule has 5 nitrogen and oxygen atoms in total. The van der Waals surface area contributed by atoms with Gasteiger partial charge >= 0.3 is 0 Å². The monoisotopic (exact) mass is 298 g/mol. The zero-order chi connectivity index (χ0) is 15.0. The number of carbonyl (C=O) groups excluding carboxylic acids is 1. The van der Waals surface area contributed by atoms with Crippen molar-refractivity contribution in [2.75, 3.05) is 7.05 Å². The molecule has 0 fully saturated rings. The Morgan fingerprint density at radius 2 is 1.75 bits per heavy atom. The lowest BCUT2D eigenvalue weighted by molar-refractivity contribution is -0.121. The number of benzene rings is 1. The van der Waals surface area contributed by atoms with E-state index in [1.54, 1.807) is 12.1 Å². The molecule has 0 saturated carbocycles. The summed E-state index contributed by atoms with van der Waals surface area (Å²) in [6.45, 7) is 2.52. The van der Waals surface area contributed by atoms with Gasteiger partial charge in [-0.05, 0) is 24.6 Å². The van der Waals surface area contributed by atoms with E-state index in [2.05, 4.69) is 10.0 Å². The van der Waals surface area contributed by atoms with Gasteiger partial charge in [-0.2, -0.15) is 0 Å². The molecule has 0 radical (unpaired) electrons. The summed E-state index contributed by atoms with van der Waals surface area (Å²) in [7, 11) is -1.84. The summed E-state index contributed by atoms with van der Waals surface area (Å²) < 4.78 is 25.1. The smallest absolute Gasteiger partial charge is 0.220 e. The first-order valence-electron chi connectivity index (χ1n) is 6.72. The molecule has 2 N–H and O–H groups in total. The van der Waals surface area contributed by atoms with Crippen LogP contribution in [-0.2, 0) is 27.1 Å². The number of amides is 1. The van der Waals surface area contributed by atoms with E-state index in [9.17, 15) is 13.2 Å². The van der Waals surface area contributed by atoms with Crippen LogP contribution in [-0.4, -0.2) is 21.4 Å². The summed E-state index contributed by atoms with van der Waals surface area (Å²) in [5, 5.41) is 2.84. The molecule has 1 amide bonds. The van der Waals surface area contributed by atoms with Crippen LogP contribution in [0, 0.1) is 0 Å². The highest BCUT2D eigenvalue weighted by Gasteiger charge is 2.08. The van der Waals surface area contributed by atoms with Gasteiger partial charge in [-0.3, -0.25) is 4.79 Å². The summed E-state index contributed by atoms with van der Waals surface area (Å²) in [5.41, 5.74) is 1.68. The van der Waals surface area contributed by atoms with Crippen molar-refractivity contribution in [2.45, 2.75) is 38.5 Å². The van der Waals surface area contributed by atoms with Gasteiger partial charge in [0.2, 0.25) is 15.9 Å². The Morgan fingerprint density at radius 1 is 1.15 bits per heavy atom. The first-order valence-corrected chi connectivity index (χ1v) is 8.38. The molecule has 112 valence electrons. The van der Waals surface area contributed by atoms with Crippen molar-refractivity contribution in [2.24, 2.45) is 0 Å². The Kier molecular flexibility index (Phi) is 6.67. The molecule has 0 aliphatic heterocycles. The van der Waals surface area contributed by atoms with Crippen molar-refractivity contribution in [3.05, 3.63) is 35.4 Å². The van der Waals surface area contributed by atoms with Gasteiger partial charge in [-0.1, -0.05) is 37.6 Å². The highest BCUT2D eigenvalue weighted by molar-refractivity contribution is 7.88. The summed E-state index contributed by atoms with van der Waals surface area (Å²) in [6, 6.07) is 7.20. The molecule has 1 aromatic rings. The van der Waals surface area contributed by atoms with E-state index in [1.165, 1.54) is 7.05 Å². The highest BCUT2D eigenvalue weighted by Crippen LogP contribution is 2.07. The van der Waals surface area contributed by atoms with Crippen molar-refractivity contribution in [3.8, 4) is 0 Å². The molecule has 0 aliphatic rings. The molecule has 0 aromatic heterocycles. The van der Waals surface area contributed by atoms with Crippen LogP contribution >= 0.6 is 0 Å². The summed E-state index contributed by atoms with van der Waals surface area (Å²) in [4.78, 5) is 11.5. The van der Waals surface area contributed by atoms with Crippen molar-refractivity contribution in [3.63, 3.8) is 0 Å². The first-order chi connectivity index (χ1) is 9.46. The quantitative estimate of drug-likeness (QED) is 0.764. The van der Waals surface area contributed by atoms with Gasteiger partial charge in [0.15, 0.2) is 0 Å². The highest BCUT2D eigenvalue weighted by atomic mass is 32.2. The number of hydrogen-bond acceptors (Lipinski definition) is 3. The molecule has 0 spiro atoms. The molecule has 0 atom stereocenters. The van der Waals surface area contributed by atoms with Gasteiger partial charge in [0, 0.05) is 13.0 Å². The van der Waals surface area contributed by atoms with Gasteiger partial charge in [-0.15, -0.1) is 0 Å². The van der Waals surface area contributed by atoms with E-state index < -0.39 is 10.0 Å². The van der Waals surface area contributed by atoms with Crippen LogP contribution in [0.5, 0.6) is 0 Å². The maximum absolute atomic E-state index is 11.5. The fourth-order valence-electron chi connectivity index (χ4n) is 1.67. The summed E-state index contributed by atoms with van der Waals surface area (Å²) >= 11 is 0. The van der Waals surface area contributed by atoms with Crippen LogP contribution < -0.4 is 10.0 Å². The van der Waals surface area contributed by atoms with Gasteiger partial charge in [0.25, 0.3) is 0 Å². The number of unbranched alkanes of at least 4 members (excludes halogenated alkanes) is 1. The second-order valence-corrected chi connectivity index (χ2v) is 6.59. The topological polar surface area (TPSA) is 75.3 Å². The fourth-order valence-corrected chi connectivity index (χ4v) is 2.45. The van der Waals surface area contributed by atoms with Crippen LogP contribution in [0.1, 0.15) is 37.3 Å². The minimum absolute atomic E-state index is 0.0351. The van der Waals surface area contributed by atoms with Crippen molar-refractivity contribution in [1.82, 2.24) is 10.0 Å². The minimum atomic E-state index is -3.24. The predicted molar refractivity (Wildman–Crippen MR) is 79.5 cm³/mol. The molecule has 0 saturated heterocycles. The van der Waals surface area contributed by atoms with Crippen molar-refractivity contribution in [1.29, 1.82) is 0 Å². The lowest BCUT2D eigenvalue weighted by Gasteiger charge is -2.07. The number of sulfonamides is 1. The zero-order valence-corrected chi connectivity index (χ0v) is 12.8. The molecular formula is C14H22N2O3S. The van der Waals surface area contributed by atoms with Crippen LogP contribution in [0.3, 0.4) is 0 Å². The minimum Gasteiger partial charge on any atom is -0.352 e. The molecule has 0 unspecified atom stereocenters. The lowest BCUT2D eigenvalue weighted by Crippen LogP contribution is -2.22. The van der Waals surface area contributed by atoms with E-state index >= 15 is 0 Å². The van der Waals surface area contributed by atoms with E-state index in [0.717, 1.165) is 24.0 Å². The van der Waals surface area contributed by atoms with Gasteiger partial charge in [-0.25, -0.2) is 13.1 Å². The molecule has 1 rings (SSSR count). The van der Waals surface area contributed by atoms with E-state index in [4.69, 9.17) is 0 Å². The third kappa shape index (κ3) is 6.16. The molecule has 1 aromatic carbocycles. The Balaban J connectivity index is 2.49. The summed E-state index contributed by atoms with van der Waals surface area (Å²) in [5.74, 6) is 0.0146. The average molecular weight is 298 g/mol. The zero-order valence-electron chi connectivity index (χ0n) is 12.0. The first kappa shape index (κ1) is 16.7. The molecule has 0 aliphatic carbocycles. The SMILES string of the molecule is CCCCC(=O)NCc1ccc(CS(=O)(=O)NC)cc1. The standard InChI is InChI=1S/C14H22N2O3S/c1-3-4-5-14(17)16-10-12-6-8-13(9-7-12)11-20(18,19)15-2/h6-9,15H,3-5,10-11H2,1-2H3,(H,16,17).